The minimum absolute atomic E-state index is 0.445. The van der Waals surface area contributed by atoms with E-state index in [1.54, 1.807) is 35.9 Å². The van der Waals surface area contributed by atoms with Crippen LogP contribution in [0.3, 0.4) is 0 Å². The van der Waals surface area contributed by atoms with E-state index in [4.69, 9.17) is 0 Å². The fraction of sp³-hybridized carbons (Fsp3) is 0.0400. The van der Waals surface area contributed by atoms with Gasteiger partial charge in [0.15, 0.2) is 0 Å². The summed E-state index contributed by atoms with van der Waals surface area (Å²) in [6.07, 6.45) is 3.42. The maximum absolute atomic E-state index is 13.8. The quantitative estimate of drug-likeness (QED) is 0.402. The first-order valence-corrected chi connectivity index (χ1v) is 10.2. The van der Waals surface area contributed by atoms with Crippen molar-refractivity contribution in [2.24, 2.45) is 0 Å². The van der Waals surface area contributed by atoms with Crippen molar-refractivity contribution in [3.8, 4) is 23.0 Å². The number of carbonyl (C=O) groups is 1. The van der Waals surface area contributed by atoms with Gasteiger partial charge in [-0.25, -0.2) is 8.78 Å². The van der Waals surface area contributed by atoms with Gasteiger partial charge in [-0.2, -0.15) is 0 Å². The highest BCUT2D eigenvalue weighted by molar-refractivity contribution is 7.13. The van der Waals surface area contributed by atoms with Crippen molar-refractivity contribution in [3.05, 3.63) is 106 Å². The van der Waals surface area contributed by atoms with Crippen molar-refractivity contribution < 1.29 is 13.6 Å². The second kappa shape index (κ2) is 8.90. The molecule has 4 rings (SSSR count). The lowest BCUT2D eigenvalue weighted by molar-refractivity contribution is 0.101. The van der Waals surface area contributed by atoms with E-state index in [0.717, 1.165) is 38.6 Å². The molecule has 0 aliphatic rings. The first-order valence-electron chi connectivity index (χ1n) is 9.39. The van der Waals surface area contributed by atoms with Crippen LogP contribution in [0.15, 0.2) is 73.1 Å². The van der Waals surface area contributed by atoms with Crippen LogP contribution in [0.5, 0.6) is 0 Å². The van der Waals surface area contributed by atoms with Crippen LogP contribution in [0.25, 0.3) is 11.1 Å². The smallest absolute Gasteiger partial charge is 0.261 e. The monoisotopic (exact) mass is 430 g/mol. The third kappa shape index (κ3) is 4.68. The highest BCUT2D eigenvalue weighted by Gasteiger charge is 2.17. The Morgan fingerprint density at radius 1 is 1.00 bits per heavy atom. The molecule has 31 heavy (non-hydrogen) atoms. The van der Waals surface area contributed by atoms with Crippen molar-refractivity contribution >= 4 is 22.9 Å². The van der Waals surface area contributed by atoms with Gasteiger partial charge in [0, 0.05) is 28.5 Å². The van der Waals surface area contributed by atoms with E-state index in [1.165, 1.54) is 6.07 Å². The Labute approximate surface area is 182 Å². The van der Waals surface area contributed by atoms with Gasteiger partial charge >= 0.3 is 0 Å². The van der Waals surface area contributed by atoms with Crippen LogP contribution in [-0.2, 0) is 0 Å². The molecular weight excluding hydrogens is 414 g/mol. The normalized spacial score (nSPS) is 10.3. The zero-order valence-electron chi connectivity index (χ0n) is 16.4. The van der Waals surface area contributed by atoms with Crippen LogP contribution in [-0.4, -0.2) is 10.9 Å². The number of hydrogen-bond donors (Lipinski definition) is 1. The molecule has 4 aromatic rings. The van der Waals surface area contributed by atoms with E-state index in [2.05, 4.69) is 22.1 Å². The first kappa shape index (κ1) is 20.5. The molecule has 6 heteroatoms. The van der Waals surface area contributed by atoms with Gasteiger partial charge in [-0.05, 0) is 60.5 Å². The third-order valence-corrected chi connectivity index (χ3v) is 5.52. The molecule has 0 radical (unpaired) electrons. The summed E-state index contributed by atoms with van der Waals surface area (Å²) in [7, 11) is 0. The van der Waals surface area contributed by atoms with Crippen molar-refractivity contribution in [1.82, 2.24) is 4.98 Å². The predicted octanol–water partition coefficient (Wildman–Crippen LogP) is 6.05. The van der Waals surface area contributed by atoms with Crippen molar-refractivity contribution in [1.29, 1.82) is 0 Å². The van der Waals surface area contributed by atoms with Gasteiger partial charge in [0.2, 0.25) is 0 Å². The highest BCUT2D eigenvalue weighted by atomic mass is 32.1. The van der Waals surface area contributed by atoms with Gasteiger partial charge in [0.05, 0.1) is 4.88 Å². The molecule has 1 amide bonds. The molecule has 3 nitrogen and oxygen atoms in total. The number of anilines is 1. The lowest BCUT2D eigenvalue weighted by atomic mass is 10.1. The average molecular weight is 430 g/mol. The molecule has 0 saturated heterocycles. The summed E-state index contributed by atoms with van der Waals surface area (Å²) in [4.78, 5) is 18.3. The van der Waals surface area contributed by atoms with E-state index < -0.39 is 23.1 Å². The van der Waals surface area contributed by atoms with Crippen LogP contribution in [0.2, 0.25) is 0 Å². The minimum atomic E-state index is -0.900. The first-order chi connectivity index (χ1) is 15.0. The van der Waals surface area contributed by atoms with E-state index in [-0.39, 0.29) is 0 Å². The maximum Gasteiger partial charge on any atom is 0.261 e. The molecule has 0 unspecified atom stereocenters. The second-order valence-electron chi connectivity index (χ2n) is 6.70. The van der Waals surface area contributed by atoms with E-state index in [1.807, 2.05) is 37.3 Å². The summed E-state index contributed by atoms with van der Waals surface area (Å²) >= 11 is 1.60. The number of carbonyl (C=O) groups excluding carboxylic acids is 1. The molecule has 0 aliphatic heterocycles. The highest BCUT2D eigenvalue weighted by Crippen LogP contribution is 2.31. The average Bonchev–Trinajstić information content (AvgIpc) is 3.14. The number of aryl methyl sites for hydroxylation is 1. The summed E-state index contributed by atoms with van der Waals surface area (Å²) in [5, 5.41) is 2.53. The molecule has 0 fully saturated rings. The van der Waals surface area contributed by atoms with Crippen molar-refractivity contribution in [3.63, 3.8) is 0 Å². The summed E-state index contributed by atoms with van der Waals surface area (Å²) in [5.74, 6) is 3.63. The molecule has 0 atom stereocenters. The van der Waals surface area contributed by atoms with Gasteiger partial charge < -0.3 is 5.32 Å². The number of nitrogens with one attached hydrogen (secondary N) is 1. The number of amides is 1. The van der Waals surface area contributed by atoms with Gasteiger partial charge in [0.1, 0.15) is 17.2 Å². The van der Waals surface area contributed by atoms with E-state index >= 15 is 0 Å². The minimum Gasteiger partial charge on any atom is -0.322 e. The molecule has 2 aromatic heterocycles. The summed E-state index contributed by atoms with van der Waals surface area (Å²) < 4.78 is 27.6. The Hall–Kier alpha value is -3.82. The summed E-state index contributed by atoms with van der Waals surface area (Å²) in [6, 6.07) is 16.2. The number of pyridine rings is 1. The van der Waals surface area contributed by atoms with Crippen LogP contribution >= 0.6 is 11.3 Å². The molecule has 0 bridgehead atoms. The number of rotatable bonds is 3. The zero-order valence-corrected chi connectivity index (χ0v) is 17.3. The summed E-state index contributed by atoms with van der Waals surface area (Å²) in [5.41, 5.74) is 2.69. The SMILES string of the molecule is Cc1sc(C#Cc2cccnc2)cc1-c1ccc(NC(=O)c2c(F)cccc2F)cc1. The number of thiophene rings is 1. The van der Waals surface area contributed by atoms with Gasteiger partial charge in [-0.15, -0.1) is 11.3 Å². The Kier molecular flexibility index (Phi) is 5.87. The van der Waals surface area contributed by atoms with Crippen molar-refractivity contribution in [2.75, 3.05) is 5.32 Å². The van der Waals surface area contributed by atoms with E-state index in [0.29, 0.717) is 5.69 Å². The lowest BCUT2D eigenvalue weighted by Crippen LogP contribution is -2.15. The fourth-order valence-electron chi connectivity index (χ4n) is 3.04. The molecule has 0 saturated carbocycles. The molecule has 2 aromatic carbocycles. The van der Waals surface area contributed by atoms with Crippen LogP contribution in [0.1, 0.15) is 25.7 Å². The maximum atomic E-state index is 13.8. The van der Waals surface area contributed by atoms with Crippen LogP contribution in [0.4, 0.5) is 14.5 Å². The number of hydrogen-bond acceptors (Lipinski definition) is 3. The number of aromatic nitrogens is 1. The third-order valence-electron chi connectivity index (χ3n) is 4.55. The van der Waals surface area contributed by atoms with E-state index in [9.17, 15) is 13.6 Å². The molecule has 1 N–H and O–H groups in total. The fourth-order valence-corrected chi connectivity index (χ4v) is 3.94. The largest absolute Gasteiger partial charge is 0.322 e. The Bertz CT molecular complexity index is 1280. The van der Waals surface area contributed by atoms with Gasteiger partial charge in [-0.3, -0.25) is 9.78 Å². The molecule has 152 valence electrons. The number of nitrogens with zero attached hydrogens (tertiary/aromatic N) is 1. The molecule has 0 spiro atoms. The standard InChI is InChI=1S/C25H16F2N2OS/c1-16-21(14-20(31-16)12-7-17-4-3-13-28-15-17)18-8-10-19(11-9-18)29-25(30)24-22(26)5-2-6-23(24)27/h2-6,8-11,13-15H,1H3,(H,29,30). The van der Waals surface area contributed by atoms with Gasteiger partial charge in [-0.1, -0.05) is 30.0 Å². The Morgan fingerprint density at radius 3 is 2.42 bits per heavy atom. The number of halogens is 2. The second-order valence-corrected chi connectivity index (χ2v) is 7.96. The Balaban J connectivity index is 1.52. The summed E-state index contributed by atoms with van der Waals surface area (Å²) in [6.45, 7) is 2.02. The topological polar surface area (TPSA) is 42.0 Å². The Morgan fingerprint density at radius 2 is 1.74 bits per heavy atom. The molecule has 2 heterocycles. The number of benzene rings is 2. The van der Waals surface area contributed by atoms with Crippen molar-refractivity contribution in [2.45, 2.75) is 6.92 Å². The molecular formula is C25H16F2N2OS. The van der Waals surface area contributed by atoms with Crippen LogP contribution < -0.4 is 5.32 Å². The van der Waals surface area contributed by atoms with Crippen LogP contribution in [0, 0.1) is 30.4 Å². The lowest BCUT2D eigenvalue weighted by Gasteiger charge is -2.08. The predicted molar refractivity (Wildman–Crippen MR) is 119 cm³/mol. The zero-order chi connectivity index (χ0) is 21.8. The van der Waals surface area contributed by atoms with Gasteiger partial charge in [0.25, 0.3) is 5.91 Å². The molecule has 0 aliphatic carbocycles.